The molecule has 1 aromatic rings. The molecule has 4 heteroatoms. The highest BCUT2D eigenvalue weighted by Crippen LogP contribution is 2.15. The molecule has 1 amide bonds. The van der Waals surface area contributed by atoms with Crippen LogP contribution in [-0.4, -0.2) is 27.9 Å². The zero-order chi connectivity index (χ0) is 15.1. The first kappa shape index (κ1) is 16.2. The van der Waals surface area contributed by atoms with Gasteiger partial charge in [0.15, 0.2) is 0 Å². The summed E-state index contributed by atoms with van der Waals surface area (Å²) in [4.78, 5) is 25.0. The lowest BCUT2D eigenvalue weighted by atomic mass is 10.0. The minimum absolute atomic E-state index is 0.0990. The Labute approximate surface area is 120 Å². The van der Waals surface area contributed by atoms with Crippen LogP contribution in [0.1, 0.15) is 39.2 Å². The van der Waals surface area contributed by atoms with E-state index in [0.29, 0.717) is 13.0 Å². The second-order valence-electron chi connectivity index (χ2n) is 5.24. The number of carbonyl (C=O) groups excluding carboxylic acids is 1. The summed E-state index contributed by atoms with van der Waals surface area (Å²) in [5, 5.41) is 9.18. The van der Waals surface area contributed by atoms with Gasteiger partial charge >= 0.3 is 5.97 Å². The van der Waals surface area contributed by atoms with Gasteiger partial charge in [-0.05, 0) is 18.4 Å². The lowest BCUT2D eigenvalue weighted by Crippen LogP contribution is -2.43. The van der Waals surface area contributed by atoms with Crippen LogP contribution >= 0.6 is 0 Å². The van der Waals surface area contributed by atoms with Crippen LogP contribution in [-0.2, 0) is 16.1 Å². The van der Waals surface area contributed by atoms with Crippen LogP contribution in [0.5, 0.6) is 0 Å². The van der Waals surface area contributed by atoms with E-state index in [1.54, 1.807) is 6.92 Å². The van der Waals surface area contributed by atoms with Crippen molar-refractivity contribution < 1.29 is 14.7 Å². The molecule has 20 heavy (non-hydrogen) atoms. The van der Waals surface area contributed by atoms with Gasteiger partial charge in [0.2, 0.25) is 5.91 Å². The maximum Gasteiger partial charge on any atom is 0.326 e. The van der Waals surface area contributed by atoms with Crippen LogP contribution in [0.2, 0.25) is 0 Å². The Bertz CT molecular complexity index is 444. The third-order valence-electron chi connectivity index (χ3n) is 3.56. The highest BCUT2D eigenvalue weighted by molar-refractivity contribution is 5.83. The lowest BCUT2D eigenvalue weighted by Gasteiger charge is -2.27. The molecular formula is C16H23NO3. The molecule has 0 fully saturated rings. The number of rotatable bonds is 7. The Morgan fingerprint density at radius 3 is 2.30 bits per heavy atom. The molecule has 4 nitrogen and oxygen atoms in total. The first-order chi connectivity index (χ1) is 9.45. The van der Waals surface area contributed by atoms with Crippen LogP contribution in [0, 0.1) is 5.92 Å². The number of amides is 1. The summed E-state index contributed by atoms with van der Waals surface area (Å²) in [5.74, 6) is -0.807. The molecule has 2 unspecified atom stereocenters. The van der Waals surface area contributed by atoms with E-state index in [1.165, 1.54) is 4.90 Å². The van der Waals surface area contributed by atoms with Crippen molar-refractivity contribution in [2.24, 2.45) is 5.92 Å². The van der Waals surface area contributed by atoms with E-state index in [2.05, 4.69) is 0 Å². The second-order valence-corrected chi connectivity index (χ2v) is 5.24. The summed E-state index contributed by atoms with van der Waals surface area (Å²) < 4.78 is 0. The predicted molar refractivity (Wildman–Crippen MR) is 78.2 cm³/mol. The molecule has 0 saturated carbocycles. The number of hydrogen-bond acceptors (Lipinski definition) is 2. The minimum atomic E-state index is -0.974. The summed E-state index contributed by atoms with van der Waals surface area (Å²) in [6.07, 6.45) is 1.30. The minimum Gasteiger partial charge on any atom is -0.480 e. The van der Waals surface area contributed by atoms with Crippen molar-refractivity contribution in [1.82, 2.24) is 4.90 Å². The number of nitrogens with zero attached hydrogens (tertiary/aromatic N) is 1. The molecule has 0 aliphatic rings. The van der Waals surface area contributed by atoms with E-state index in [9.17, 15) is 14.7 Å². The molecule has 1 N–H and O–H groups in total. The number of carboxylic acids is 1. The molecule has 0 aromatic heterocycles. The van der Waals surface area contributed by atoms with Crippen molar-refractivity contribution in [2.45, 2.75) is 46.2 Å². The molecule has 0 saturated heterocycles. The Balaban J connectivity index is 2.85. The van der Waals surface area contributed by atoms with Crippen molar-refractivity contribution in [2.75, 3.05) is 0 Å². The lowest BCUT2D eigenvalue weighted by molar-refractivity contribution is -0.150. The van der Waals surface area contributed by atoms with Gasteiger partial charge in [0.1, 0.15) is 6.04 Å². The monoisotopic (exact) mass is 277 g/mol. The molecule has 110 valence electrons. The first-order valence-corrected chi connectivity index (χ1v) is 7.01. The van der Waals surface area contributed by atoms with Crippen molar-refractivity contribution in [3.8, 4) is 0 Å². The largest absolute Gasteiger partial charge is 0.480 e. The van der Waals surface area contributed by atoms with Crippen LogP contribution < -0.4 is 0 Å². The second kappa shape index (κ2) is 7.68. The van der Waals surface area contributed by atoms with E-state index >= 15 is 0 Å². The zero-order valence-electron chi connectivity index (χ0n) is 12.4. The zero-order valence-corrected chi connectivity index (χ0v) is 12.4. The van der Waals surface area contributed by atoms with Gasteiger partial charge in [0.25, 0.3) is 0 Å². The standard InChI is InChI=1S/C16H23NO3/c1-4-12(2)10-15(18)17(13(3)16(19)20)11-14-8-6-5-7-9-14/h5-9,12-13H,4,10-11H2,1-3H3,(H,19,20). The Morgan fingerprint density at radius 2 is 1.80 bits per heavy atom. The molecule has 0 heterocycles. The maximum atomic E-state index is 12.3. The molecular weight excluding hydrogens is 254 g/mol. The van der Waals surface area contributed by atoms with Gasteiger partial charge in [-0.1, -0.05) is 50.6 Å². The quantitative estimate of drug-likeness (QED) is 0.833. The van der Waals surface area contributed by atoms with Gasteiger partial charge in [0.05, 0.1) is 0 Å². The van der Waals surface area contributed by atoms with Crippen molar-refractivity contribution in [1.29, 1.82) is 0 Å². The third-order valence-corrected chi connectivity index (χ3v) is 3.56. The molecule has 0 aliphatic heterocycles. The number of carbonyl (C=O) groups is 2. The molecule has 1 rings (SSSR count). The molecule has 0 aliphatic carbocycles. The van der Waals surface area contributed by atoms with E-state index in [0.717, 1.165) is 12.0 Å². The highest BCUT2D eigenvalue weighted by atomic mass is 16.4. The van der Waals surface area contributed by atoms with Crippen molar-refractivity contribution in [3.05, 3.63) is 35.9 Å². The summed E-state index contributed by atoms with van der Waals surface area (Å²) in [6, 6.07) is 8.66. The average molecular weight is 277 g/mol. The molecule has 2 atom stereocenters. The summed E-state index contributed by atoms with van der Waals surface area (Å²) >= 11 is 0. The Morgan fingerprint density at radius 1 is 1.20 bits per heavy atom. The third kappa shape index (κ3) is 4.68. The Kier molecular flexibility index (Phi) is 6.22. The van der Waals surface area contributed by atoms with Gasteiger partial charge in [-0.15, -0.1) is 0 Å². The van der Waals surface area contributed by atoms with Crippen LogP contribution in [0.15, 0.2) is 30.3 Å². The van der Waals surface area contributed by atoms with E-state index in [-0.39, 0.29) is 11.8 Å². The Hall–Kier alpha value is -1.84. The fourth-order valence-electron chi connectivity index (χ4n) is 1.91. The number of carboxylic acid groups (broad SMARTS) is 1. The van der Waals surface area contributed by atoms with Crippen LogP contribution in [0.3, 0.4) is 0 Å². The SMILES string of the molecule is CCC(C)CC(=O)N(Cc1ccccc1)C(C)C(=O)O. The average Bonchev–Trinajstić information content (AvgIpc) is 2.44. The fraction of sp³-hybridized carbons (Fsp3) is 0.500. The smallest absolute Gasteiger partial charge is 0.326 e. The fourth-order valence-corrected chi connectivity index (χ4v) is 1.91. The van der Waals surface area contributed by atoms with Crippen LogP contribution in [0.25, 0.3) is 0 Å². The summed E-state index contributed by atoms with van der Waals surface area (Å²) in [7, 11) is 0. The summed E-state index contributed by atoms with van der Waals surface area (Å²) in [6.45, 7) is 5.92. The van der Waals surface area contributed by atoms with E-state index < -0.39 is 12.0 Å². The highest BCUT2D eigenvalue weighted by Gasteiger charge is 2.26. The van der Waals surface area contributed by atoms with Crippen molar-refractivity contribution in [3.63, 3.8) is 0 Å². The number of hydrogen-bond donors (Lipinski definition) is 1. The van der Waals surface area contributed by atoms with Gasteiger partial charge < -0.3 is 10.0 Å². The van der Waals surface area contributed by atoms with Gasteiger partial charge in [-0.25, -0.2) is 4.79 Å². The summed E-state index contributed by atoms with van der Waals surface area (Å²) in [5.41, 5.74) is 0.943. The van der Waals surface area contributed by atoms with E-state index in [1.807, 2.05) is 44.2 Å². The maximum absolute atomic E-state index is 12.3. The predicted octanol–water partition coefficient (Wildman–Crippen LogP) is 2.92. The number of benzene rings is 1. The molecule has 0 bridgehead atoms. The van der Waals surface area contributed by atoms with Gasteiger partial charge in [0, 0.05) is 13.0 Å². The van der Waals surface area contributed by atoms with Crippen LogP contribution in [0.4, 0.5) is 0 Å². The first-order valence-electron chi connectivity index (χ1n) is 7.01. The molecule has 0 radical (unpaired) electrons. The normalized spacial score (nSPS) is 13.6. The van der Waals surface area contributed by atoms with E-state index in [4.69, 9.17) is 0 Å². The molecule has 0 spiro atoms. The van der Waals surface area contributed by atoms with Crippen molar-refractivity contribution >= 4 is 11.9 Å². The number of aliphatic carboxylic acids is 1. The van der Waals surface area contributed by atoms with Gasteiger partial charge in [-0.2, -0.15) is 0 Å². The van der Waals surface area contributed by atoms with Gasteiger partial charge in [-0.3, -0.25) is 4.79 Å². The topological polar surface area (TPSA) is 57.6 Å². The molecule has 1 aromatic carbocycles.